The maximum Gasteiger partial charge on any atom is 0.338 e. The highest BCUT2D eigenvalue weighted by Crippen LogP contribution is 2.47. The highest BCUT2D eigenvalue weighted by molar-refractivity contribution is 8.16. The van der Waals surface area contributed by atoms with Crippen LogP contribution in [0.4, 0.5) is 0 Å². The van der Waals surface area contributed by atoms with Crippen LogP contribution in [0.2, 0.25) is 0 Å². The number of allylic oxidation sites excluding steroid dienone is 1. The van der Waals surface area contributed by atoms with Gasteiger partial charge in [0.1, 0.15) is 5.75 Å². The molecule has 1 aromatic carbocycles. The Morgan fingerprint density at radius 1 is 1.18 bits per heavy atom. The first kappa shape index (κ1) is 23.6. The van der Waals surface area contributed by atoms with E-state index in [0.29, 0.717) is 30.0 Å². The number of aliphatic imine (C=N–C) groups is 1. The van der Waals surface area contributed by atoms with Crippen molar-refractivity contribution >= 4 is 28.8 Å². The molecule has 1 aromatic heterocycles. The van der Waals surface area contributed by atoms with Gasteiger partial charge in [-0.2, -0.15) is 0 Å². The van der Waals surface area contributed by atoms with Gasteiger partial charge >= 0.3 is 5.97 Å². The highest BCUT2D eigenvalue weighted by atomic mass is 32.2. The number of rotatable bonds is 8. The number of nitrogens with one attached hydrogen (secondary N) is 1. The number of esters is 1. The van der Waals surface area contributed by atoms with Gasteiger partial charge in [0.05, 0.1) is 38.0 Å². The number of aromatic nitrogens is 1. The van der Waals surface area contributed by atoms with Crippen LogP contribution in [0.3, 0.4) is 0 Å². The summed E-state index contributed by atoms with van der Waals surface area (Å²) in [4.78, 5) is 36.6. The maximum absolute atomic E-state index is 13.0. The van der Waals surface area contributed by atoms with Gasteiger partial charge in [0.2, 0.25) is 5.91 Å². The van der Waals surface area contributed by atoms with Crippen molar-refractivity contribution in [1.29, 1.82) is 0 Å². The first-order valence-electron chi connectivity index (χ1n) is 10.9. The van der Waals surface area contributed by atoms with E-state index in [4.69, 9.17) is 14.5 Å². The van der Waals surface area contributed by atoms with E-state index in [2.05, 4.69) is 10.3 Å². The molecule has 0 saturated heterocycles. The van der Waals surface area contributed by atoms with E-state index >= 15 is 0 Å². The van der Waals surface area contributed by atoms with E-state index in [1.54, 1.807) is 19.5 Å². The molecule has 0 saturated carbocycles. The number of para-hydroxylation sites is 1. The minimum Gasteiger partial charge on any atom is -0.496 e. The first-order chi connectivity index (χ1) is 16.6. The quantitative estimate of drug-likeness (QED) is 0.575. The largest absolute Gasteiger partial charge is 0.496 e. The van der Waals surface area contributed by atoms with Gasteiger partial charge in [-0.05, 0) is 29.5 Å². The van der Waals surface area contributed by atoms with E-state index < -0.39 is 12.0 Å². The van der Waals surface area contributed by atoms with E-state index in [-0.39, 0.29) is 12.3 Å². The Bertz CT molecular complexity index is 1180. The number of hydrogen-bond donors (Lipinski definition) is 1. The lowest BCUT2D eigenvalue weighted by Gasteiger charge is -2.37. The second-order valence-electron chi connectivity index (χ2n) is 7.66. The molecule has 2 aromatic rings. The number of carbonyl (C=O) groups is 2. The number of fused-ring (bicyclic) bond motifs is 1. The van der Waals surface area contributed by atoms with Crippen LogP contribution in [0.25, 0.3) is 0 Å². The molecule has 3 heterocycles. The van der Waals surface area contributed by atoms with Crippen LogP contribution in [-0.4, -0.2) is 41.1 Å². The second-order valence-corrected chi connectivity index (χ2v) is 8.49. The predicted octanol–water partition coefficient (Wildman–Crippen LogP) is 3.93. The number of methoxy groups -OCH3 is 2. The van der Waals surface area contributed by atoms with Crippen LogP contribution in [-0.2, 0) is 20.9 Å². The zero-order valence-corrected chi connectivity index (χ0v) is 20.1. The number of hydrogen-bond acceptors (Lipinski definition) is 8. The molecule has 0 aliphatic carbocycles. The van der Waals surface area contributed by atoms with Crippen LogP contribution >= 0.6 is 11.8 Å². The molecule has 34 heavy (non-hydrogen) atoms. The molecule has 2 aliphatic rings. The van der Waals surface area contributed by atoms with Crippen molar-refractivity contribution in [2.24, 2.45) is 4.99 Å². The van der Waals surface area contributed by atoms with E-state index in [1.165, 1.54) is 18.9 Å². The van der Waals surface area contributed by atoms with E-state index in [9.17, 15) is 9.59 Å². The number of nitrogens with zero attached hydrogens (tertiary/aromatic N) is 3. The van der Waals surface area contributed by atoms with Gasteiger partial charge in [-0.1, -0.05) is 43.0 Å². The average molecular weight is 479 g/mol. The Morgan fingerprint density at radius 3 is 2.71 bits per heavy atom. The Kier molecular flexibility index (Phi) is 7.32. The van der Waals surface area contributed by atoms with Gasteiger partial charge in [0, 0.05) is 30.2 Å². The normalized spacial score (nSPS) is 17.0. The summed E-state index contributed by atoms with van der Waals surface area (Å²) in [5.41, 5.74) is 3.58. The van der Waals surface area contributed by atoms with Crippen molar-refractivity contribution < 1.29 is 19.1 Å². The van der Waals surface area contributed by atoms with Crippen LogP contribution in [0.5, 0.6) is 5.75 Å². The molecule has 1 unspecified atom stereocenters. The number of pyridine rings is 1. The van der Waals surface area contributed by atoms with Gasteiger partial charge in [-0.25, -0.2) is 9.79 Å². The summed E-state index contributed by atoms with van der Waals surface area (Å²) in [6.07, 6.45) is 4.11. The fraction of sp³-hybridized carbons (Fsp3) is 0.280. The summed E-state index contributed by atoms with van der Waals surface area (Å²) in [6.45, 7) is 2.34. The Labute approximate surface area is 202 Å². The lowest BCUT2D eigenvalue weighted by molar-refractivity contribution is -0.136. The van der Waals surface area contributed by atoms with Crippen LogP contribution in [0, 0.1) is 0 Å². The summed E-state index contributed by atoms with van der Waals surface area (Å²) in [6, 6.07) is 10.8. The number of amidine groups is 1. The summed E-state index contributed by atoms with van der Waals surface area (Å²) < 4.78 is 10.8. The fourth-order valence-electron chi connectivity index (χ4n) is 4.03. The summed E-state index contributed by atoms with van der Waals surface area (Å²) >= 11 is 1.44. The third-order valence-corrected chi connectivity index (χ3v) is 6.51. The maximum atomic E-state index is 13.0. The summed E-state index contributed by atoms with van der Waals surface area (Å²) in [5.74, 6) is 0.0522. The van der Waals surface area contributed by atoms with Crippen molar-refractivity contribution in [2.75, 3.05) is 14.2 Å². The van der Waals surface area contributed by atoms with Crippen LogP contribution < -0.4 is 10.1 Å². The molecule has 176 valence electrons. The van der Waals surface area contributed by atoms with Crippen molar-refractivity contribution in [1.82, 2.24) is 15.2 Å². The van der Waals surface area contributed by atoms with Gasteiger partial charge in [0.25, 0.3) is 0 Å². The lowest BCUT2D eigenvalue weighted by Crippen LogP contribution is -2.38. The van der Waals surface area contributed by atoms with Crippen LogP contribution in [0.1, 0.15) is 36.9 Å². The SMILES string of the molecule is CCC1=C(C(=O)OC)C(c2ccccc2OC)N2C(CC(=O)NCc3cccnc3)=CSC2=N1. The average Bonchev–Trinajstić information content (AvgIpc) is 3.28. The van der Waals surface area contributed by atoms with E-state index in [0.717, 1.165) is 22.0 Å². The highest BCUT2D eigenvalue weighted by Gasteiger charge is 2.42. The number of ether oxygens (including phenoxy) is 2. The minimum atomic E-state index is -0.529. The minimum absolute atomic E-state index is 0.133. The fourth-order valence-corrected chi connectivity index (χ4v) is 4.97. The molecule has 0 fully saturated rings. The number of benzene rings is 1. The van der Waals surface area contributed by atoms with Gasteiger partial charge in [-0.3, -0.25) is 9.78 Å². The molecule has 2 aliphatic heterocycles. The monoisotopic (exact) mass is 478 g/mol. The number of amides is 1. The third-order valence-electron chi connectivity index (χ3n) is 5.62. The summed E-state index contributed by atoms with van der Waals surface area (Å²) in [5, 5.41) is 5.57. The predicted molar refractivity (Wildman–Crippen MR) is 131 cm³/mol. The van der Waals surface area contributed by atoms with Gasteiger partial charge in [0.15, 0.2) is 5.17 Å². The molecule has 0 bridgehead atoms. The smallest absolute Gasteiger partial charge is 0.338 e. The Hall–Kier alpha value is -3.59. The van der Waals surface area contributed by atoms with Gasteiger partial charge < -0.3 is 19.7 Å². The topological polar surface area (TPSA) is 93.1 Å². The zero-order chi connectivity index (χ0) is 24.1. The van der Waals surface area contributed by atoms with Gasteiger partial charge in [-0.15, -0.1) is 0 Å². The second kappa shape index (κ2) is 10.6. The molecular formula is C25H26N4O4S. The number of thioether (sulfide) groups is 1. The molecule has 0 radical (unpaired) electrons. The number of carbonyl (C=O) groups excluding carboxylic acids is 2. The van der Waals surface area contributed by atoms with Crippen LogP contribution in [0.15, 0.2) is 76.2 Å². The third kappa shape index (κ3) is 4.70. The molecule has 8 nitrogen and oxygen atoms in total. The standard InChI is InChI=1S/C25H26N4O4S/c1-4-19-22(24(31)33-3)23(18-9-5-6-10-20(18)32-2)29-17(15-34-25(29)28-19)12-21(30)27-14-16-8-7-11-26-13-16/h5-11,13,15,23H,4,12,14H2,1-3H3,(H,27,30). The lowest BCUT2D eigenvalue weighted by atomic mass is 9.92. The van der Waals surface area contributed by atoms with Crippen molar-refractivity contribution in [3.05, 3.63) is 82.3 Å². The molecule has 1 amide bonds. The Balaban J connectivity index is 1.67. The zero-order valence-electron chi connectivity index (χ0n) is 19.3. The molecule has 1 atom stereocenters. The molecule has 0 spiro atoms. The van der Waals surface area contributed by atoms with Crippen molar-refractivity contribution in [3.63, 3.8) is 0 Å². The van der Waals surface area contributed by atoms with Crippen molar-refractivity contribution in [3.8, 4) is 5.75 Å². The molecule has 4 rings (SSSR count). The van der Waals surface area contributed by atoms with Crippen molar-refractivity contribution in [2.45, 2.75) is 32.4 Å². The summed E-state index contributed by atoms with van der Waals surface area (Å²) in [7, 11) is 2.96. The van der Waals surface area contributed by atoms with E-state index in [1.807, 2.05) is 53.6 Å². The Morgan fingerprint density at radius 2 is 2.00 bits per heavy atom. The molecular weight excluding hydrogens is 452 g/mol. The molecule has 9 heteroatoms. The first-order valence-corrected chi connectivity index (χ1v) is 11.8. The molecule has 1 N–H and O–H groups in total.